The Bertz CT molecular complexity index is 1090. The Morgan fingerprint density at radius 2 is 1.67 bits per heavy atom. The summed E-state index contributed by atoms with van der Waals surface area (Å²) in [5.41, 5.74) is 5.76. The van der Waals surface area contributed by atoms with Gasteiger partial charge in [0, 0.05) is 30.2 Å². The van der Waals surface area contributed by atoms with Crippen LogP contribution in [0.1, 0.15) is 36.0 Å². The molecule has 1 fully saturated rings. The van der Waals surface area contributed by atoms with Gasteiger partial charge in [0.2, 0.25) is 15.9 Å². The van der Waals surface area contributed by atoms with E-state index in [1.165, 1.54) is 24.3 Å². The molecule has 1 aliphatic heterocycles. The summed E-state index contributed by atoms with van der Waals surface area (Å²) in [4.78, 5) is 23.2. The molecule has 0 radical (unpaired) electrons. The van der Waals surface area contributed by atoms with Gasteiger partial charge in [0.05, 0.1) is 11.4 Å². The largest absolute Gasteiger partial charge is 0.448 e. The maximum Gasteiger partial charge on any atom is 0.255 e. The number of benzene rings is 2. The predicted octanol–water partition coefficient (Wildman–Crippen LogP) is 1.74. The van der Waals surface area contributed by atoms with Crippen molar-refractivity contribution in [2.75, 3.05) is 11.9 Å². The Balaban J connectivity index is 1.43. The molecule has 158 valence electrons. The molecule has 1 aliphatic carbocycles. The molecule has 0 aromatic heterocycles. The fourth-order valence-corrected chi connectivity index (χ4v) is 4.52. The molecule has 10 heteroatoms. The standard InChI is InChI=1S/C20H21N3O6S/c21-18(24)12-22-30(26,27)15-6-3-13(4-7-15)19(25)23-14-5-8-16-17(11-14)29-20(28-16)9-1-2-10-20/h3-8,11,22H,1-2,9-10,12H2,(H2,21,24)(H,23,25). The first-order valence-electron chi connectivity index (χ1n) is 9.48. The van der Waals surface area contributed by atoms with Crippen molar-refractivity contribution < 1.29 is 27.5 Å². The van der Waals surface area contributed by atoms with E-state index in [1.807, 2.05) is 0 Å². The summed E-state index contributed by atoms with van der Waals surface area (Å²) in [5.74, 6) is -0.519. The highest BCUT2D eigenvalue weighted by Crippen LogP contribution is 2.47. The van der Waals surface area contributed by atoms with Gasteiger partial charge in [-0.15, -0.1) is 0 Å². The Hall–Kier alpha value is -3.11. The fourth-order valence-electron chi connectivity index (χ4n) is 3.53. The summed E-state index contributed by atoms with van der Waals surface area (Å²) in [5, 5.41) is 2.76. The molecule has 4 rings (SSSR count). The number of rotatable bonds is 6. The third-order valence-corrected chi connectivity index (χ3v) is 6.44. The average Bonchev–Trinajstić information content (AvgIpc) is 3.32. The van der Waals surface area contributed by atoms with E-state index in [0.717, 1.165) is 25.7 Å². The molecule has 9 nitrogen and oxygen atoms in total. The summed E-state index contributed by atoms with van der Waals surface area (Å²) < 4.78 is 38.2. The number of sulfonamides is 1. The van der Waals surface area contributed by atoms with E-state index in [4.69, 9.17) is 15.2 Å². The number of carbonyl (C=O) groups excluding carboxylic acids is 2. The van der Waals surface area contributed by atoms with E-state index in [-0.39, 0.29) is 10.5 Å². The van der Waals surface area contributed by atoms with Crippen molar-refractivity contribution in [2.24, 2.45) is 5.73 Å². The fraction of sp³-hybridized carbons (Fsp3) is 0.300. The molecule has 4 N–H and O–H groups in total. The minimum absolute atomic E-state index is 0.0785. The summed E-state index contributed by atoms with van der Waals surface area (Å²) in [6, 6.07) is 10.5. The smallest absolute Gasteiger partial charge is 0.255 e. The number of hydrogen-bond acceptors (Lipinski definition) is 6. The van der Waals surface area contributed by atoms with Crippen LogP contribution in [-0.2, 0) is 14.8 Å². The Labute approximate surface area is 173 Å². The zero-order valence-electron chi connectivity index (χ0n) is 16.0. The van der Waals surface area contributed by atoms with Crippen LogP contribution in [0.3, 0.4) is 0 Å². The molecule has 1 saturated carbocycles. The normalized spacial score (nSPS) is 16.5. The van der Waals surface area contributed by atoms with Crippen LogP contribution < -0.4 is 25.2 Å². The highest BCUT2D eigenvalue weighted by atomic mass is 32.2. The van der Waals surface area contributed by atoms with Gasteiger partial charge < -0.3 is 20.5 Å². The van der Waals surface area contributed by atoms with E-state index in [0.29, 0.717) is 17.2 Å². The summed E-state index contributed by atoms with van der Waals surface area (Å²) in [6.45, 7) is -0.504. The number of nitrogens with one attached hydrogen (secondary N) is 2. The third kappa shape index (κ3) is 4.10. The molecular formula is C20H21N3O6S. The number of carbonyl (C=O) groups is 2. The second-order valence-electron chi connectivity index (χ2n) is 7.25. The predicted molar refractivity (Wildman–Crippen MR) is 108 cm³/mol. The minimum atomic E-state index is -3.89. The van der Waals surface area contributed by atoms with Crippen LogP contribution in [0.15, 0.2) is 47.4 Å². The molecule has 0 unspecified atom stereocenters. The van der Waals surface area contributed by atoms with Crippen LogP contribution >= 0.6 is 0 Å². The molecule has 2 aliphatic rings. The van der Waals surface area contributed by atoms with Crippen LogP contribution in [0.4, 0.5) is 5.69 Å². The summed E-state index contributed by atoms with van der Waals surface area (Å²) in [6.07, 6.45) is 3.79. The first kappa shape index (κ1) is 20.2. The first-order chi connectivity index (χ1) is 14.3. The molecule has 2 aromatic rings. The van der Waals surface area contributed by atoms with Gasteiger partial charge in [0.15, 0.2) is 11.5 Å². The SMILES string of the molecule is NC(=O)CNS(=O)(=O)c1ccc(C(=O)Nc2ccc3c(c2)OC2(CCCC2)O3)cc1. The van der Waals surface area contributed by atoms with E-state index >= 15 is 0 Å². The first-order valence-corrected chi connectivity index (χ1v) is 11.0. The van der Waals surface area contributed by atoms with Gasteiger partial charge >= 0.3 is 0 Å². The molecule has 0 atom stereocenters. The molecule has 2 aromatic carbocycles. The lowest BCUT2D eigenvalue weighted by molar-refractivity contribution is -0.116. The van der Waals surface area contributed by atoms with Crippen molar-refractivity contribution in [3.8, 4) is 11.5 Å². The van der Waals surface area contributed by atoms with Crippen LogP contribution in [0.25, 0.3) is 0 Å². The van der Waals surface area contributed by atoms with Crippen LogP contribution in [0.2, 0.25) is 0 Å². The lowest BCUT2D eigenvalue weighted by atomic mass is 10.2. The van der Waals surface area contributed by atoms with E-state index < -0.39 is 34.2 Å². The number of primary amides is 1. The van der Waals surface area contributed by atoms with E-state index in [2.05, 4.69) is 10.0 Å². The molecule has 0 bridgehead atoms. The molecular weight excluding hydrogens is 410 g/mol. The van der Waals surface area contributed by atoms with Crippen molar-refractivity contribution in [2.45, 2.75) is 36.4 Å². The van der Waals surface area contributed by atoms with Crippen LogP contribution in [0, 0.1) is 0 Å². The summed E-state index contributed by atoms with van der Waals surface area (Å²) in [7, 11) is -3.89. The summed E-state index contributed by atoms with van der Waals surface area (Å²) >= 11 is 0. The van der Waals surface area contributed by atoms with Gasteiger partial charge in [-0.3, -0.25) is 9.59 Å². The van der Waals surface area contributed by atoms with Gasteiger partial charge in [-0.2, -0.15) is 0 Å². The molecule has 1 heterocycles. The number of fused-ring (bicyclic) bond motifs is 1. The lowest BCUT2D eigenvalue weighted by Gasteiger charge is -2.21. The highest BCUT2D eigenvalue weighted by Gasteiger charge is 2.44. The number of anilines is 1. The Morgan fingerprint density at radius 3 is 2.33 bits per heavy atom. The van der Waals surface area contributed by atoms with Crippen molar-refractivity contribution in [1.29, 1.82) is 0 Å². The second-order valence-corrected chi connectivity index (χ2v) is 9.02. The Morgan fingerprint density at radius 1 is 1.00 bits per heavy atom. The third-order valence-electron chi connectivity index (χ3n) is 5.02. The van der Waals surface area contributed by atoms with E-state index in [1.54, 1.807) is 18.2 Å². The molecule has 1 spiro atoms. The molecule has 2 amide bonds. The lowest BCUT2D eigenvalue weighted by Crippen LogP contribution is -2.34. The van der Waals surface area contributed by atoms with Gasteiger partial charge in [-0.25, -0.2) is 13.1 Å². The number of nitrogens with two attached hydrogens (primary N) is 1. The topological polar surface area (TPSA) is 137 Å². The quantitative estimate of drug-likeness (QED) is 0.637. The van der Waals surface area contributed by atoms with Crippen LogP contribution in [0.5, 0.6) is 11.5 Å². The zero-order valence-corrected chi connectivity index (χ0v) is 16.8. The minimum Gasteiger partial charge on any atom is -0.448 e. The van der Waals surface area contributed by atoms with Gasteiger partial charge in [0.25, 0.3) is 11.7 Å². The average molecular weight is 431 g/mol. The number of ether oxygens (including phenoxy) is 2. The van der Waals surface area contributed by atoms with Crippen molar-refractivity contribution in [1.82, 2.24) is 4.72 Å². The van der Waals surface area contributed by atoms with Crippen molar-refractivity contribution >= 4 is 27.5 Å². The van der Waals surface area contributed by atoms with Gasteiger partial charge in [-0.1, -0.05) is 0 Å². The molecule has 30 heavy (non-hydrogen) atoms. The van der Waals surface area contributed by atoms with Crippen molar-refractivity contribution in [3.63, 3.8) is 0 Å². The van der Waals surface area contributed by atoms with Crippen LogP contribution in [-0.4, -0.2) is 32.6 Å². The zero-order chi connectivity index (χ0) is 21.4. The van der Waals surface area contributed by atoms with E-state index in [9.17, 15) is 18.0 Å². The number of hydrogen-bond donors (Lipinski definition) is 3. The maximum absolute atomic E-state index is 12.5. The maximum atomic E-state index is 12.5. The number of amides is 2. The highest BCUT2D eigenvalue weighted by molar-refractivity contribution is 7.89. The van der Waals surface area contributed by atoms with Gasteiger partial charge in [0.1, 0.15) is 0 Å². The monoisotopic (exact) mass is 431 g/mol. The Kier molecular flexibility index (Phi) is 5.12. The van der Waals surface area contributed by atoms with Crippen molar-refractivity contribution in [3.05, 3.63) is 48.0 Å². The molecule has 0 saturated heterocycles. The second kappa shape index (κ2) is 7.62. The van der Waals surface area contributed by atoms with Gasteiger partial charge in [-0.05, 0) is 49.2 Å².